The number of ether oxygens (including phenoxy) is 1. The molecule has 1 saturated heterocycles. The van der Waals surface area contributed by atoms with E-state index in [1.807, 2.05) is 26.4 Å². The van der Waals surface area contributed by atoms with Crippen LogP contribution in [0.2, 0.25) is 0 Å². The van der Waals surface area contributed by atoms with Gasteiger partial charge in [0.25, 0.3) is 0 Å². The summed E-state index contributed by atoms with van der Waals surface area (Å²) in [6.07, 6.45) is 4.68. The summed E-state index contributed by atoms with van der Waals surface area (Å²) in [5, 5.41) is 0. The predicted molar refractivity (Wildman–Crippen MR) is 78.5 cm³/mol. The number of hydrogen-bond donors (Lipinski definition) is 0. The Morgan fingerprint density at radius 2 is 2.26 bits per heavy atom. The van der Waals surface area contributed by atoms with Gasteiger partial charge in [-0.2, -0.15) is 0 Å². The number of aromatic nitrogens is 1. The highest BCUT2D eigenvalue weighted by Crippen LogP contribution is 2.19. The minimum atomic E-state index is 0.416. The van der Waals surface area contributed by atoms with Crippen molar-refractivity contribution in [3.05, 3.63) is 23.9 Å². The summed E-state index contributed by atoms with van der Waals surface area (Å²) in [7, 11) is 4.09. The minimum absolute atomic E-state index is 0.416. The Kier molecular flexibility index (Phi) is 5.16. The zero-order valence-corrected chi connectivity index (χ0v) is 12.3. The van der Waals surface area contributed by atoms with Crippen LogP contribution in [0.25, 0.3) is 0 Å². The number of hydrogen-bond acceptors (Lipinski definition) is 4. The number of anilines is 1. The summed E-state index contributed by atoms with van der Waals surface area (Å²) in [6.45, 7) is 6.15. The van der Waals surface area contributed by atoms with Gasteiger partial charge in [-0.1, -0.05) is 13.0 Å². The third kappa shape index (κ3) is 3.91. The quantitative estimate of drug-likeness (QED) is 0.786. The van der Waals surface area contributed by atoms with Crippen LogP contribution in [-0.2, 0) is 11.3 Å². The zero-order chi connectivity index (χ0) is 13.7. The average molecular weight is 263 g/mol. The van der Waals surface area contributed by atoms with Gasteiger partial charge in [-0.25, -0.2) is 4.98 Å². The molecule has 0 spiro atoms. The molecule has 1 atom stereocenters. The monoisotopic (exact) mass is 263 g/mol. The normalized spacial score (nSPS) is 19.1. The van der Waals surface area contributed by atoms with Gasteiger partial charge in [-0.05, 0) is 25.5 Å². The molecule has 1 unspecified atom stereocenters. The van der Waals surface area contributed by atoms with E-state index in [0.717, 1.165) is 32.1 Å². The van der Waals surface area contributed by atoms with Gasteiger partial charge in [0.15, 0.2) is 0 Å². The Morgan fingerprint density at radius 1 is 1.42 bits per heavy atom. The van der Waals surface area contributed by atoms with Gasteiger partial charge in [0, 0.05) is 45.6 Å². The Morgan fingerprint density at radius 3 is 2.89 bits per heavy atom. The van der Waals surface area contributed by atoms with Crippen molar-refractivity contribution in [3.63, 3.8) is 0 Å². The second-order valence-corrected chi connectivity index (χ2v) is 5.34. The van der Waals surface area contributed by atoms with Crippen LogP contribution in [0.1, 0.15) is 25.3 Å². The molecule has 2 heterocycles. The van der Waals surface area contributed by atoms with E-state index in [4.69, 9.17) is 4.74 Å². The van der Waals surface area contributed by atoms with E-state index >= 15 is 0 Å². The van der Waals surface area contributed by atoms with Gasteiger partial charge in [-0.15, -0.1) is 0 Å². The molecular formula is C15H25N3O. The first-order valence-corrected chi connectivity index (χ1v) is 7.16. The van der Waals surface area contributed by atoms with E-state index < -0.39 is 0 Å². The van der Waals surface area contributed by atoms with Crippen LogP contribution >= 0.6 is 0 Å². The molecule has 0 N–H and O–H groups in total. The Bertz CT molecular complexity index is 389. The molecule has 0 radical (unpaired) electrons. The van der Waals surface area contributed by atoms with Gasteiger partial charge in [0.2, 0.25) is 0 Å². The van der Waals surface area contributed by atoms with Crippen LogP contribution < -0.4 is 4.90 Å². The molecular weight excluding hydrogens is 238 g/mol. The topological polar surface area (TPSA) is 28.6 Å². The second kappa shape index (κ2) is 6.87. The largest absolute Gasteiger partial charge is 0.377 e. The maximum atomic E-state index is 5.73. The van der Waals surface area contributed by atoms with E-state index in [-0.39, 0.29) is 0 Å². The summed E-state index contributed by atoms with van der Waals surface area (Å²) in [5.41, 5.74) is 1.28. The summed E-state index contributed by atoms with van der Waals surface area (Å²) in [5.74, 6) is 1.06. The van der Waals surface area contributed by atoms with E-state index in [1.54, 1.807) is 0 Å². The zero-order valence-electron chi connectivity index (χ0n) is 12.3. The maximum Gasteiger partial charge on any atom is 0.132 e. The molecule has 1 aliphatic heterocycles. The van der Waals surface area contributed by atoms with E-state index in [2.05, 4.69) is 27.8 Å². The van der Waals surface area contributed by atoms with Gasteiger partial charge in [0.05, 0.1) is 6.10 Å². The molecule has 4 heteroatoms. The standard InChI is InChI=1S/C15H25N3O/c1-4-18(12-14-8-6-10-19-14)11-13-7-5-9-16-15(13)17(2)3/h5,7,9,14H,4,6,8,10-12H2,1-3H3. The van der Waals surface area contributed by atoms with Gasteiger partial charge >= 0.3 is 0 Å². The highest BCUT2D eigenvalue weighted by molar-refractivity contribution is 5.45. The minimum Gasteiger partial charge on any atom is -0.377 e. The van der Waals surface area contributed by atoms with Gasteiger partial charge < -0.3 is 9.64 Å². The van der Waals surface area contributed by atoms with Crippen molar-refractivity contribution in [2.45, 2.75) is 32.4 Å². The fourth-order valence-electron chi connectivity index (χ4n) is 2.58. The molecule has 1 aromatic rings. The van der Waals surface area contributed by atoms with Crippen molar-refractivity contribution in [2.24, 2.45) is 0 Å². The molecule has 19 heavy (non-hydrogen) atoms. The van der Waals surface area contributed by atoms with Crippen molar-refractivity contribution in [1.29, 1.82) is 0 Å². The first-order chi connectivity index (χ1) is 9.20. The van der Waals surface area contributed by atoms with E-state index in [0.29, 0.717) is 6.10 Å². The van der Waals surface area contributed by atoms with Crippen LogP contribution in [0, 0.1) is 0 Å². The van der Waals surface area contributed by atoms with E-state index in [9.17, 15) is 0 Å². The predicted octanol–water partition coefficient (Wildman–Crippen LogP) is 2.15. The summed E-state index contributed by atoms with van der Waals surface area (Å²) >= 11 is 0. The Hall–Kier alpha value is -1.13. The number of pyridine rings is 1. The molecule has 0 amide bonds. The molecule has 1 aromatic heterocycles. The number of rotatable bonds is 6. The Labute approximate surface area is 116 Å². The molecule has 0 aliphatic carbocycles. The first-order valence-electron chi connectivity index (χ1n) is 7.16. The number of nitrogens with zero attached hydrogens (tertiary/aromatic N) is 3. The average Bonchev–Trinajstić information content (AvgIpc) is 2.91. The lowest BCUT2D eigenvalue weighted by molar-refractivity contribution is 0.0725. The van der Waals surface area contributed by atoms with E-state index in [1.165, 1.54) is 18.4 Å². The maximum absolute atomic E-state index is 5.73. The lowest BCUT2D eigenvalue weighted by atomic mass is 10.2. The SMILES string of the molecule is CCN(Cc1cccnc1N(C)C)CC1CCCO1. The van der Waals surface area contributed by atoms with Crippen molar-refractivity contribution in [3.8, 4) is 0 Å². The third-order valence-corrected chi connectivity index (χ3v) is 3.62. The lowest BCUT2D eigenvalue weighted by Crippen LogP contribution is -2.32. The molecule has 0 saturated carbocycles. The summed E-state index contributed by atoms with van der Waals surface area (Å²) < 4.78 is 5.73. The van der Waals surface area contributed by atoms with Crippen LogP contribution in [0.3, 0.4) is 0 Å². The summed E-state index contributed by atoms with van der Waals surface area (Å²) in [6, 6.07) is 4.18. The third-order valence-electron chi connectivity index (χ3n) is 3.62. The molecule has 1 fully saturated rings. The van der Waals surface area contributed by atoms with Crippen molar-refractivity contribution >= 4 is 5.82 Å². The van der Waals surface area contributed by atoms with Crippen LogP contribution in [0.15, 0.2) is 18.3 Å². The first kappa shape index (κ1) is 14.3. The van der Waals surface area contributed by atoms with Crippen molar-refractivity contribution < 1.29 is 4.74 Å². The molecule has 106 valence electrons. The fraction of sp³-hybridized carbons (Fsp3) is 0.667. The molecule has 0 aromatic carbocycles. The lowest BCUT2D eigenvalue weighted by Gasteiger charge is -2.25. The highest BCUT2D eigenvalue weighted by Gasteiger charge is 2.19. The molecule has 2 rings (SSSR count). The molecule has 0 bridgehead atoms. The number of likely N-dealkylation sites (N-methyl/N-ethyl adjacent to an activating group) is 1. The van der Waals surface area contributed by atoms with Crippen molar-refractivity contribution in [1.82, 2.24) is 9.88 Å². The van der Waals surface area contributed by atoms with Gasteiger partial charge in [-0.3, -0.25) is 4.90 Å². The molecule has 4 nitrogen and oxygen atoms in total. The van der Waals surface area contributed by atoms with Gasteiger partial charge in [0.1, 0.15) is 5.82 Å². The van der Waals surface area contributed by atoms with Crippen LogP contribution in [0.4, 0.5) is 5.82 Å². The molecule has 1 aliphatic rings. The smallest absolute Gasteiger partial charge is 0.132 e. The Balaban J connectivity index is 2.01. The second-order valence-electron chi connectivity index (χ2n) is 5.34. The summed E-state index contributed by atoms with van der Waals surface area (Å²) in [4.78, 5) is 8.99. The van der Waals surface area contributed by atoms with Crippen LogP contribution in [0.5, 0.6) is 0 Å². The fourth-order valence-corrected chi connectivity index (χ4v) is 2.58. The van der Waals surface area contributed by atoms with Crippen molar-refractivity contribution in [2.75, 3.05) is 38.7 Å². The van der Waals surface area contributed by atoms with Crippen LogP contribution in [-0.4, -0.2) is 49.8 Å². The highest BCUT2D eigenvalue weighted by atomic mass is 16.5.